The van der Waals surface area contributed by atoms with Crippen molar-refractivity contribution >= 4 is 17.8 Å². The largest absolute Gasteiger partial charge is 0.490 e. The summed E-state index contributed by atoms with van der Waals surface area (Å²) in [4.78, 5) is 37.4. The van der Waals surface area contributed by atoms with Gasteiger partial charge in [-0.15, -0.1) is 0 Å². The van der Waals surface area contributed by atoms with Gasteiger partial charge in [0.05, 0.1) is 12.0 Å². The van der Waals surface area contributed by atoms with Crippen molar-refractivity contribution < 1.29 is 32.7 Å². The Labute approximate surface area is 149 Å². The third-order valence-corrected chi connectivity index (χ3v) is 5.04. The van der Waals surface area contributed by atoms with Crippen molar-refractivity contribution in [3.05, 3.63) is 0 Å². The zero-order chi connectivity index (χ0) is 19.5. The lowest BCUT2D eigenvalue weighted by atomic mass is 9.99. The molecule has 0 aliphatic carbocycles. The fourth-order valence-corrected chi connectivity index (χ4v) is 3.40. The van der Waals surface area contributed by atoms with E-state index < -0.39 is 12.1 Å². The molecule has 3 saturated heterocycles. The highest BCUT2D eigenvalue weighted by Crippen LogP contribution is 2.26. The highest BCUT2D eigenvalue weighted by molar-refractivity contribution is 5.89. The van der Waals surface area contributed by atoms with Gasteiger partial charge in [-0.1, -0.05) is 0 Å². The maximum Gasteiger partial charge on any atom is 0.490 e. The van der Waals surface area contributed by atoms with Gasteiger partial charge in [0.1, 0.15) is 0 Å². The Morgan fingerprint density at radius 2 is 1.85 bits per heavy atom. The van der Waals surface area contributed by atoms with Crippen LogP contribution in [0.15, 0.2) is 0 Å². The molecule has 3 aliphatic rings. The quantitative estimate of drug-likeness (QED) is 0.742. The second-order valence-corrected chi connectivity index (χ2v) is 6.94. The van der Waals surface area contributed by atoms with Crippen LogP contribution in [-0.4, -0.2) is 77.1 Å². The zero-order valence-electron chi connectivity index (χ0n) is 14.6. The topological polar surface area (TPSA) is 90.0 Å². The van der Waals surface area contributed by atoms with Crippen LogP contribution in [0.4, 0.5) is 13.2 Å². The summed E-state index contributed by atoms with van der Waals surface area (Å²) in [6, 6.07) is 0.667. The monoisotopic (exact) mass is 379 g/mol. The molecule has 2 amide bonds. The Kier molecular flexibility index (Phi) is 6.48. The van der Waals surface area contributed by atoms with Crippen LogP contribution in [0.1, 0.15) is 32.6 Å². The number of alkyl halides is 3. The highest BCUT2D eigenvalue weighted by atomic mass is 19.4. The van der Waals surface area contributed by atoms with Crippen LogP contribution in [0.3, 0.4) is 0 Å². The highest BCUT2D eigenvalue weighted by Gasteiger charge is 2.42. The molecule has 3 aliphatic heterocycles. The summed E-state index contributed by atoms with van der Waals surface area (Å²) in [6.07, 6.45) is -1.25. The Balaban J connectivity index is 0.000000298. The SMILES string of the molecule is CC1CCCCN1C(=O)C1CC(=O)N(C2CNC2)C1.O=C(O)C(F)(F)F. The molecule has 3 fully saturated rings. The van der Waals surface area contributed by atoms with Gasteiger partial charge in [0.25, 0.3) is 0 Å². The van der Waals surface area contributed by atoms with E-state index in [1.54, 1.807) is 0 Å². The molecular formula is C16H24F3N3O4. The molecule has 3 rings (SSSR count). The van der Waals surface area contributed by atoms with Crippen LogP contribution in [-0.2, 0) is 14.4 Å². The second kappa shape index (κ2) is 8.24. The van der Waals surface area contributed by atoms with Gasteiger partial charge in [0.15, 0.2) is 0 Å². The molecule has 0 aromatic carbocycles. The number of hydrogen-bond donors (Lipinski definition) is 2. The summed E-state index contributed by atoms with van der Waals surface area (Å²) in [6.45, 7) is 5.39. The molecule has 0 aromatic heterocycles. The minimum atomic E-state index is -5.08. The van der Waals surface area contributed by atoms with Gasteiger partial charge in [-0.05, 0) is 26.2 Å². The van der Waals surface area contributed by atoms with Crippen LogP contribution in [0.25, 0.3) is 0 Å². The average Bonchev–Trinajstić information content (AvgIpc) is 2.87. The summed E-state index contributed by atoms with van der Waals surface area (Å²) in [5, 5.41) is 10.3. The van der Waals surface area contributed by atoms with E-state index in [4.69, 9.17) is 9.90 Å². The van der Waals surface area contributed by atoms with Crippen LogP contribution in [0.5, 0.6) is 0 Å². The third-order valence-electron chi connectivity index (χ3n) is 5.04. The maximum atomic E-state index is 12.6. The number of aliphatic carboxylic acids is 1. The van der Waals surface area contributed by atoms with Gasteiger partial charge in [-0.2, -0.15) is 13.2 Å². The first-order chi connectivity index (χ1) is 12.1. The number of hydrogen-bond acceptors (Lipinski definition) is 4. The number of nitrogens with zero attached hydrogens (tertiary/aromatic N) is 2. The van der Waals surface area contributed by atoms with Crippen molar-refractivity contribution in [1.82, 2.24) is 15.1 Å². The maximum absolute atomic E-state index is 12.6. The fourth-order valence-electron chi connectivity index (χ4n) is 3.40. The van der Waals surface area contributed by atoms with Gasteiger partial charge >= 0.3 is 12.1 Å². The average molecular weight is 379 g/mol. The Morgan fingerprint density at radius 1 is 1.23 bits per heavy atom. The van der Waals surface area contributed by atoms with Crippen LogP contribution in [0, 0.1) is 5.92 Å². The summed E-state index contributed by atoms with van der Waals surface area (Å²) in [7, 11) is 0. The number of likely N-dealkylation sites (tertiary alicyclic amines) is 2. The van der Waals surface area contributed by atoms with Crippen molar-refractivity contribution in [2.24, 2.45) is 5.92 Å². The van der Waals surface area contributed by atoms with Gasteiger partial charge in [-0.3, -0.25) is 9.59 Å². The lowest BCUT2D eigenvalue weighted by Crippen LogP contribution is -2.57. The van der Waals surface area contributed by atoms with E-state index in [0.717, 1.165) is 32.5 Å². The predicted octanol–water partition coefficient (Wildman–Crippen LogP) is 0.841. The van der Waals surface area contributed by atoms with E-state index in [-0.39, 0.29) is 17.7 Å². The predicted molar refractivity (Wildman–Crippen MR) is 85.2 cm³/mol. The smallest absolute Gasteiger partial charge is 0.475 e. The first kappa shape index (κ1) is 20.5. The van der Waals surface area contributed by atoms with Crippen molar-refractivity contribution in [1.29, 1.82) is 0 Å². The summed E-state index contributed by atoms with van der Waals surface area (Å²) in [5.41, 5.74) is 0. The number of carboxylic acid groups (broad SMARTS) is 1. The molecule has 10 heteroatoms. The Hall–Kier alpha value is -1.84. The van der Waals surface area contributed by atoms with Crippen molar-refractivity contribution in [2.75, 3.05) is 26.2 Å². The molecule has 2 unspecified atom stereocenters. The standard InChI is InChI=1S/C14H23N3O2.C2HF3O2/c1-10-4-2-3-5-16(10)14(19)11-6-13(18)17(9-11)12-7-15-8-12;3-2(4,5)1(6)7/h10-12,15H,2-9H2,1H3;(H,6,7). The van der Waals surface area contributed by atoms with E-state index in [1.165, 1.54) is 6.42 Å². The number of carbonyl (C=O) groups is 3. The Bertz CT molecular complexity index is 551. The first-order valence-electron chi connectivity index (χ1n) is 8.72. The molecule has 2 atom stereocenters. The molecule has 7 nitrogen and oxygen atoms in total. The number of carbonyl (C=O) groups excluding carboxylic acids is 2. The van der Waals surface area contributed by atoms with Crippen LogP contribution in [0.2, 0.25) is 0 Å². The molecule has 0 aromatic rings. The second-order valence-electron chi connectivity index (χ2n) is 6.94. The number of carboxylic acids is 1. The van der Waals surface area contributed by atoms with Gasteiger partial charge < -0.3 is 20.2 Å². The van der Waals surface area contributed by atoms with Crippen LogP contribution < -0.4 is 5.32 Å². The van der Waals surface area contributed by atoms with E-state index in [9.17, 15) is 22.8 Å². The molecule has 26 heavy (non-hydrogen) atoms. The molecule has 0 saturated carbocycles. The summed E-state index contributed by atoms with van der Waals surface area (Å²) >= 11 is 0. The lowest BCUT2D eigenvalue weighted by Gasteiger charge is -2.37. The normalized spacial score (nSPS) is 26.8. The van der Waals surface area contributed by atoms with Crippen molar-refractivity contribution in [3.8, 4) is 0 Å². The molecule has 0 spiro atoms. The fraction of sp³-hybridized carbons (Fsp3) is 0.812. The van der Waals surface area contributed by atoms with Gasteiger partial charge in [0, 0.05) is 38.6 Å². The molecular weight excluding hydrogens is 355 g/mol. The molecule has 3 heterocycles. The minimum absolute atomic E-state index is 0.103. The van der Waals surface area contributed by atoms with Gasteiger partial charge in [-0.25, -0.2) is 4.79 Å². The molecule has 148 valence electrons. The van der Waals surface area contributed by atoms with Crippen molar-refractivity contribution in [2.45, 2.75) is 50.9 Å². The Morgan fingerprint density at radius 3 is 2.31 bits per heavy atom. The minimum Gasteiger partial charge on any atom is -0.475 e. The van der Waals surface area contributed by atoms with E-state index in [1.807, 2.05) is 9.80 Å². The zero-order valence-corrected chi connectivity index (χ0v) is 14.6. The number of piperidine rings is 1. The first-order valence-corrected chi connectivity index (χ1v) is 8.72. The van der Waals surface area contributed by atoms with Gasteiger partial charge in [0.2, 0.25) is 11.8 Å². The molecule has 0 bridgehead atoms. The van der Waals surface area contributed by atoms with E-state index in [2.05, 4.69) is 12.2 Å². The summed E-state index contributed by atoms with van der Waals surface area (Å²) < 4.78 is 31.7. The lowest BCUT2D eigenvalue weighted by molar-refractivity contribution is -0.192. The summed E-state index contributed by atoms with van der Waals surface area (Å²) in [5.74, 6) is -2.49. The third kappa shape index (κ3) is 4.87. The number of nitrogens with one attached hydrogen (secondary N) is 1. The number of rotatable bonds is 2. The van der Waals surface area contributed by atoms with E-state index >= 15 is 0 Å². The van der Waals surface area contributed by atoms with Crippen molar-refractivity contribution in [3.63, 3.8) is 0 Å². The number of halogens is 3. The molecule has 0 radical (unpaired) electrons. The number of amides is 2. The van der Waals surface area contributed by atoms with Crippen LogP contribution >= 0.6 is 0 Å². The molecule has 2 N–H and O–H groups in total. The van der Waals surface area contributed by atoms with E-state index in [0.29, 0.717) is 25.0 Å².